The molecule has 0 bridgehead atoms. The van der Waals surface area contributed by atoms with Gasteiger partial charge in [-0.25, -0.2) is 4.98 Å². The number of halogens is 1. The third kappa shape index (κ3) is 6.01. The summed E-state index contributed by atoms with van der Waals surface area (Å²) in [5, 5.41) is 0.901. The van der Waals surface area contributed by atoms with Crippen LogP contribution in [-0.2, 0) is 14.3 Å². The minimum atomic E-state index is -0.588. The van der Waals surface area contributed by atoms with Crippen LogP contribution in [0.4, 0.5) is 0 Å². The topological polar surface area (TPSA) is 92.4 Å². The maximum atomic E-state index is 13.8. The number of Topliss-reactive ketones (excluding diaryl/α,β-unsaturated/α-hetero) is 1. The number of fused-ring (bicyclic) bond motifs is 1. The van der Waals surface area contributed by atoms with E-state index in [9.17, 15) is 14.4 Å². The van der Waals surface area contributed by atoms with Crippen molar-refractivity contribution in [3.05, 3.63) is 67.4 Å². The fraction of sp³-hybridized carbons (Fsp3) is 0.269. The number of carbonyl (C=O) groups is 2. The van der Waals surface area contributed by atoms with Gasteiger partial charge >= 0.3 is 5.97 Å². The number of hydrogen-bond donors (Lipinski definition) is 0. The fourth-order valence-electron chi connectivity index (χ4n) is 3.68. The van der Waals surface area contributed by atoms with Gasteiger partial charge in [-0.3, -0.25) is 23.5 Å². The number of aryl methyl sites for hydroxylation is 1. The zero-order valence-electron chi connectivity index (χ0n) is 20.9. The van der Waals surface area contributed by atoms with Crippen molar-refractivity contribution in [2.75, 3.05) is 19.0 Å². The fourth-order valence-corrected chi connectivity index (χ4v) is 5.97. The van der Waals surface area contributed by atoms with Crippen molar-refractivity contribution in [3.63, 3.8) is 0 Å². The molecule has 0 atom stereocenters. The van der Waals surface area contributed by atoms with Crippen LogP contribution in [0, 0.1) is 10.9 Å². The molecular formula is C26H24ClN3O5S3. The van der Waals surface area contributed by atoms with Gasteiger partial charge < -0.3 is 9.47 Å². The Bertz CT molecular complexity index is 1630. The molecule has 0 saturated carbocycles. The van der Waals surface area contributed by atoms with Gasteiger partial charge in [-0.15, -0.1) is 0 Å². The van der Waals surface area contributed by atoms with Crippen molar-refractivity contribution in [2.24, 2.45) is 0 Å². The van der Waals surface area contributed by atoms with Gasteiger partial charge in [0.2, 0.25) is 0 Å². The van der Waals surface area contributed by atoms with Crippen molar-refractivity contribution in [2.45, 2.75) is 32.3 Å². The van der Waals surface area contributed by atoms with Crippen LogP contribution in [0.5, 0.6) is 5.75 Å². The predicted molar refractivity (Wildman–Crippen MR) is 153 cm³/mol. The molecule has 0 spiro atoms. The first-order valence-electron chi connectivity index (χ1n) is 11.7. The average molecular weight is 590 g/mol. The van der Waals surface area contributed by atoms with Gasteiger partial charge in [-0.05, 0) is 81.0 Å². The average Bonchev–Trinajstić information content (AvgIpc) is 3.21. The van der Waals surface area contributed by atoms with E-state index in [1.54, 1.807) is 41.8 Å². The second kappa shape index (κ2) is 12.2. The molecule has 0 fully saturated rings. The molecule has 0 saturated heterocycles. The third-order valence-electron chi connectivity index (χ3n) is 5.39. The van der Waals surface area contributed by atoms with E-state index < -0.39 is 5.97 Å². The number of thiazole rings is 1. The number of aromatic nitrogens is 3. The molecule has 0 aliphatic rings. The molecule has 2 heterocycles. The van der Waals surface area contributed by atoms with Gasteiger partial charge in [0.15, 0.2) is 20.5 Å². The summed E-state index contributed by atoms with van der Waals surface area (Å²) < 4.78 is 14.4. The molecule has 0 radical (unpaired) electrons. The Morgan fingerprint density at radius 2 is 1.79 bits per heavy atom. The zero-order chi connectivity index (χ0) is 27.4. The number of nitrogens with zero attached hydrogens (tertiary/aromatic N) is 3. The molecule has 12 heteroatoms. The molecule has 2 aromatic carbocycles. The second-order valence-electron chi connectivity index (χ2n) is 8.06. The van der Waals surface area contributed by atoms with Crippen LogP contribution in [0.25, 0.3) is 21.7 Å². The van der Waals surface area contributed by atoms with Crippen LogP contribution >= 0.6 is 46.9 Å². The van der Waals surface area contributed by atoms with Crippen molar-refractivity contribution in [1.82, 2.24) is 14.1 Å². The Hall–Kier alpha value is -2.99. The van der Waals surface area contributed by atoms with E-state index in [1.807, 2.05) is 26.0 Å². The minimum absolute atomic E-state index is 0.0707. The number of ketones is 1. The number of hydrogen-bond acceptors (Lipinski definition) is 9. The highest BCUT2D eigenvalue weighted by Crippen LogP contribution is 2.29. The number of esters is 1. The number of thioether (sulfide) groups is 1. The minimum Gasteiger partial charge on any atom is -0.494 e. The molecule has 198 valence electrons. The number of rotatable bonds is 10. The summed E-state index contributed by atoms with van der Waals surface area (Å²) in [5.41, 5.74) is 2.20. The van der Waals surface area contributed by atoms with Crippen molar-refractivity contribution in [3.8, 4) is 17.1 Å². The molecule has 0 aliphatic heterocycles. The summed E-state index contributed by atoms with van der Waals surface area (Å²) in [6.07, 6.45) is -0.352. The molecule has 0 aliphatic carbocycles. The first kappa shape index (κ1) is 28.0. The lowest BCUT2D eigenvalue weighted by Gasteiger charge is -2.13. The molecular weight excluding hydrogens is 566 g/mol. The lowest BCUT2D eigenvalue weighted by molar-refractivity contribution is -0.145. The number of carbonyl (C=O) groups excluding carboxylic acids is 2. The van der Waals surface area contributed by atoms with Crippen LogP contribution in [0.3, 0.4) is 0 Å². The van der Waals surface area contributed by atoms with E-state index in [0.717, 1.165) is 34.3 Å². The first-order valence-corrected chi connectivity index (χ1v) is 14.3. The van der Waals surface area contributed by atoms with Gasteiger partial charge in [0.05, 0.1) is 24.7 Å². The highest BCUT2D eigenvalue weighted by atomic mass is 35.5. The molecule has 38 heavy (non-hydrogen) atoms. The van der Waals surface area contributed by atoms with E-state index in [0.29, 0.717) is 37.4 Å². The Labute approximate surface area is 237 Å². The maximum absolute atomic E-state index is 13.8. The van der Waals surface area contributed by atoms with Gasteiger partial charge in [0, 0.05) is 10.7 Å². The smallest absolute Gasteiger partial charge is 0.313 e. The first-order chi connectivity index (χ1) is 18.2. The van der Waals surface area contributed by atoms with Gasteiger partial charge in [-0.1, -0.05) is 34.7 Å². The molecule has 2 aromatic heterocycles. The standard InChI is InChI=1S/C26H24ClN3O5S3/c1-4-34-19-9-6-16(7-10-19)30-24(33)22-23(28-25(30)37-14-18(31)13-21(32)35-5-2)29(26(36)38-22)17-8-11-20(27)15(3)12-17/h6-12H,4-5,13-14H2,1-3H3. The molecule has 4 rings (SSSR count). The Balaban J connectivity index is 1.85. The monoisotopic (exact) mass is 589 g/mol. The Morgan fingerprint density at radius 1 is 1.08 bits per heavy atom. The van der Waals surface area contributed by atoms with Crippen molar-refractivity contribution in [1.29, 1.82) is 0 Å². The highest BCUT2D eigenvalue weighted by Gasteiger charge is 2.21. The Morgan fingerprint density at radius 3 is 2.45 bits per heavy atom. The maximum Gasteiger partial charge on any atom is 0.313 e. The third-order valence-corrected chi connectivity index (χ3v) is 8.17. The predicted octanol–water partition coefficient (Wildman–Crippen LogP) is 5.94. The normalized spacial score (nSPS) is 11.1. The quantitative estimate of drug-likeness (QED) is 0.0737. The summed E-state index contributed by atoms with van der Waals surface area (Å²) in [7, 11) is 0. The summed E-state index contributed by atoms with van der Waals surface area (Å²) in [5.74, 6) is -0.331. The molecule has 8 nitrogen and oxygen atoms in total. The molecule has 0 unspecified atom stereocenters. The number of benzene rings is 2. The number of ether oxygens (including phenoxy) is 2. The molecule has 0 N–H and O–H groups in total. The van der Waals surface area contributed by atoms with Gasteiger partial charge in [-0.2, -0.15) is 0 Å². The summed E-state index contributed by atoms with van der Waals surface area (Å²) in [6.45, 7) is 6.15. The van der Waals surface area contributed by atoms with Crippen LogP contribution in [-0.4, -0.2) is 44.8 Å². The lowest BCUT2D eigenvalue weighted by atomic mass is 10.2. The molecule has 4 aromatic rings. The van der Waals surface area contributed by atoms with E-state index in [-0.39, 0.29) is 35.3 Å². The van der Waals surface area contributed by atoms with Crippen LogP contribution < -0.4 is 10.3 Å². The van der Waals surface area contributed by atoms with E-state index in [4.69, 9.17) is 38.3 Å². The van der Waals surface area contributed by atoms with Crippen molar-refractivity contribution < 1.29 is 19.1 Å². The molecule has 0 amide bonds. The largest absolute Gasteiger partial charge is 0.494 e. The summed E-state index contributed by atoms with van der Waals surface area (Å²) >= 11 is 14.1. The highest BCUT2D eigenvalue weighted by molar-refractivity contribution is 7.99. The lowest BCUT2D eigenvalue weighted by Crippen LogP contribution is -2.22. The Kier molecular flexibility index (Phi) is 9.03. The van der Waals surface area contributed by atoms with E-state index >= 15 is 0 Å². The van der Waals surface area contributed by atoms with E-state index in [2.05, 4.69) is 0 Å². The van der Waals surface area contributed by atoms with Crippen LogP contribution in [0.2, 0.25) is 5.02 Å². The summed E-state index contributed by atoms with van der Waals surface area (Å²) in [6, 6.07) is 12.5. The summed E-state index contributed by atoms with van der Waals surface area (Å²) in [4.78, 5) is 42.9. The van der Waals surface area contributed by atoms with Crippen LogP contribution in [0.15, 0.2) is 52.4 Å². The van der Waals surface area contributed by atoms with E-state index in [1.165, 1.54) is 4.57 Å². The van der Waals surface area contributed by atoms with Crippen LogP contribution in [0.1, 0.15) is 25.8 Å². The zero-order valence-corrected chi connectivity index (χ0v) is 24.1. The SMILES string of the molecule is CCOC(=O)CC(=O)CSc1nc2c(sc(=S)n2-c2ccc(Cl)c(C)c2)c(=O)n1-c1ccc(OCC)cc1. The van der Waals surface area contributed by atoms with Gasteiger partial charge in [0.1, 0.15) is 16.9 Å². The van der Waals surface area contributed by atoms with Crippen molar-refractivity contribution >= 4 is 69.0 Å². The van der Waals surface area contributed by atoms with Gasteiger partial charge in [0.25, 0.3) is 5.56 Å². The second-order valence-corrected chi connectivity index (χ2v) is 11.1.